The van der Waals surface area contributed by atoms with E-state index in [-0.39, 0.29) is 16.7 Å². The standard InChI is InChI=1S/C11H14N2O2/c12-10-3-1-2-8-4-5-11(13(14)15)7-9(8)6-10/h4-5,7,10H,1-3,6,12H2. The summed E-state index contributed by atoms with van der Waals surface area (Å²) in [6.07, 6.45) is 3.83. The molecular weight excluding hydrogens is 192 g/mol. The topological polar surface area (TPSA) is 69.2 Å². The predicted octanol–water partition coefficient (Wildman–Crippen LogP) is 1.80. The molecule has 1 atom stereocenters. The molecule has 0 spiro atoms. The molecule has 1 aliphatic carbocycles. The maximum Gasteiger partial charge on any atom is 0.269 e. The van der Waals surface area contributed by atoms with Crippen LogP contribution in [0.4, 0.5) is 5.69 Å². The molecule has 0 bridgehead atoms. The summed E-state index contributed by atoms with van der Waals surface area (Å²) in [5.41, 5.74) is 8.34. The lowest BCUT2D eigenvalue weighted by molar-refractivity contribution is -0.384. The zero-order valence-electron chi connectivity index (χ0n) is 8.48. The van der Waals surface area contributed by atoms with Gasteiger partial charge in [0.2, 0.25) is 0 Å². The van der Waals surface area contributed by atoms with Crippen molar-refractivity contribution >= 4 is 5.69 Å². The lowest BCUT2D eigenvalue weighted by Crippen LogP contribution is -2.21. The number of nitro benzene ring substituents is 1. The van der Waals surface area contributed by atoms with Gasteiger partial charge in [-0.25, -0.2) is 0 Å². The van der Waals surface area contributed by atoms with Gasteiger partial charge in [-0.05, 0) is 36.8 Å². The lowest BCUT2D eigenvalue weighted by atomic mass is 10.0. The first-order valence-electron chi connectivity index (χ1n) is 5.18. The van der Waals surface area contributed by atoms with Crippen molar-refractivity contribution in [3.63, 3.8) is 0 Å². The summed E-state index contributed by atoms with van der Waals surface area (Å²) in [5, 5.41) is 10.6. The first-order valence-corrected chi connectivity index (χ1v) is 5.18. The first kappa shape index (κ1) is 10.1. The Morgan fingerprint density at radius 2 is 2.20 bits per heavy atom. The van der Waals surface area contributed by atoms with Crippen LogP contribution in [0.5, 0.6) is 0 Å². The highest BCUT2D eigenvalue weighted by atomic mass is 16.6. The van der Waals surface area contributed by atoms with Crippen LogP contribution < -0.4 is 5.73 Å². The van der Waals surface area contributed by atoms with Crippen molar-refractivity contribution in [1.29, 1.82) is 0 Å². The quantitative estimate of drug-likeness (QED) is 0.432. The van der Waals surface area contributed by atoms with Crippen molar-refractivity contribution in [3.05, 3.63) is 39.4 Å². The van der Waals surface area contributed by atoms with Crippen molar-refractivity contribution in [3.8, 4) is 0 Å². The van der Waals surface area contributed by atoms with Gasteiger partial charge in [0.25, 0.3) is 5.69 Å². The maximum absolute atomic E-state index is 10.6. The van der Waals surface area contributed by atoms with Gasteiger partial charge in [0.05, 0.1) is 4.92 Å². The molecule has 0 fully saturated rings. The van der Waals surface area contributed by atoms with Gasteiger partial charge in [0.15, 0.2) is 0 Å². The molecule has 2 N–H and O–H groups in total. The van der Waals surface area contributed by atoms with Crippen molar-refractivity contribution in [1.82, 2.24) is 0 Å². The van der Waals surface area contributed by atoms with Crippen LogP contribution in [0.2, 0.25) is 0 Å². The molecule has 4 nitrogen and oxygen atoms in total. The molecule has 1 unspecified atom stereocenters. The van der Waals surface area contributed by atoms with Crippen molar-refractivity contribution in [2.75, 3.05) is 0 Å². The number of rotatable bonds is 1. The highest BCUT2D eigenvalue weighted by Gasteiger charge is 2.16. The number of non-ortho nitro benzene ring substituents is 1. The average molecular weight is 206 g/mol. The molecule has 2 rings (SSSR count). The molecule has 15 heavy (non-hydrogen) atoms. The lowest BCUT2D eigenvalue weighted by Gasteiger charge is -2.07. The molecule has 0 radical (unpaired) electrons. The van der Waals surface area contributed by atoms with Gasteiger partial charge >= 0.3 is 0 Å². The second kappa shape index (κ2) is 3.98. The summed E-state index contributed by atoms with van der Waals surface area (Å²) in [5.74, 6) is 0. The van der Waals surface area contributed by atoms with Gasteiger partial charge in [-0.2, -0.15) is 0 Å². The molecule has 0 saturated carbocycles. The SMILES string of the molecule is NC1CCCc2ccc([N+](=O)[O-])cc2C1. The fourth-order valence-electron chi connectivity index (χ4n) is 2.10. The maximum atomic E-state index is 10.6. The largest absolute Gasteiger partial charge is 0.327 e. The normalized spacial score (nSPS) is 20.5. The Labute approximate surface area is 88.2 Å². The minimum absolute atomic E-state index is 0.147. The summed E-state index contributed by atoms with van der Waals surface area (Å²) < 4.78 is 0. The minimum atomic E-state index is -0.351. The van der Waals surface area contributed by atoms with E-state index in [1.165, 1.54) is 5.56 Å². The molecule has 1 aromatic carbocycles. The van der Waals surface area contributed by atoms with Crippen molar-refractivity contribution in [2.24, 2.45) is 5.73 Å². The van der Waals surface area contributed by atoms with Crippen LogP contribution >= 0.6 is 0 Å². The third-order valence-electron chi connectivity index (χ3n) is 2.90. The number of hydrogen-bond acceptors (Lipinski definition) is 3. The molecule has 4 heteroatoms. The van der Waals surface area contributed by atoms with Gasteiger partial charge in [0, 0.05) is 18.2 Å². The van der Waals surface area contributed by atoms with E-state index in [1.54, 1.807) is 12.1 Å². The van der Waals surface area contributed by atoms with Gasteiger partial charge in [0.1, 0.15) is 0 Å². The van der Waals surface area contributed by atoms with E-state index in [0.717, 1.165) is 31.2 Å². The van der Waals surface area contributed by atoms with Crippen LogP contribution in [-0.4, -0.2) is 11.0 Å². The van der Waals surface area contributed by atoms with Gasteiger partial charge < -0.3 is 5.73 Å². The Morgan fingerprint density at radius 3 is 2.93 bits per heavy atom. The number of aryl methyl sites for hydroxylation is 1. The highest BCUT2D eigenvalue weighted by Crippen LogP contribution is 2.24. The third-order valence-corrected chi connectivity index (χ3v) is 2.90. The third kappa shape index (κ3) is 2.15. The molecule has 0 aromatic heterocycles. The summed E-state index contributed by atoms with van der Waals surface area (Å²) in [7, 11) is 0. The molecule has 1 aliphatic rings. The van der Waals surface area contributed by atoms with Gasteiger partial charge in [-0.1, -0.05) is 6.07 Å². The zero-order chi connectivity index (χ0) is 10.8. The molecule has 1 aromatic rings. The molecular formula is C11H14N2O2. The van der Waals surface area contributed by atoms with Crippen LogP contribution in [0.1, 0.15) is 24.0 Å². The van der Waals surface area contributed by atoms with E-state index in [9.17, 15) is 10.1 Å². The summed E-state index contributed by atoms with van der Waals surface area (Å²) in [4.78, 5) is 10.3. The zero-order valence-corrected chi connectivity index (χ0v) is 8.48. The minimum Gasteiger partial charge on any atom is -0.327 e. The van der Waals surface area contributed by atoms with Crippen LogP contribution in [0.3, 0.4) is 0 Å². The summed E-state index contributed by atoms with van der Waals surface area (Å²) >= 11 is 0. The number of fused-ring (bicyclic) bond motifs is 1. The summed E-state index contributed by atoms with van der Waals surface area (Å²) in [6.45, 7) is 0. The van der Waals surface area contributed by atoms with Gasteiger partial charge in [-0.15, -0.1) is 0 Å². The Hall–Kier alpha value is -1.42. The molecule has 0 saturated heterocycles. The van der Waals surface area contributed by atoms with Crippen LogP contribution in [0, 0.1) is 10.1 Å². The van der Waals surface area contributed by atoms with Crippen molar-refractivity contribution in [2.45, 2.75) is 31.7 Å². The summed E-state index contributed by atoms with van der Waals surface area (Å²) in [6, 6.07) is 5.26. The monoisotopic (exact) mass is 206 g/mol. The molecule has 0 amide bonds. The Morgan fingerprint density at radius 1 is 1.40 bits per heavy atom. The number of nitro groups is 1. The fourth-order valence-corrected chi connectivity index (χ4v) is 2.10. The van der Waals surface area contributed by atoms with E-state index in [1.807, 2.05) is 6.07 Å². The van der Waals surface area contributed by atoms with Crippen molar-refractivity contribution < 1.29 is 4.92 Å². The number of nitrogens with two attached hydrogens (primary N) is 1. The second-order valence-electron chi connectivity index (χ2n) is 4.07. The van der Waals surface area contributed by atoms with Gasteiger partial charge in [-0.3, -0.25) is 10.1 Å². The van der Waals surface area contributed by atoms with E-state index in [0.29, 0.717) is 0 Å². The van der Waals surface area contributed by atoms with E-state index < -0.39 is 0 Å². The Balaban J connectivity index is 2.37. The van der Waals surface area contributed by atoms with E-state index >= 15 is 0 Å². The van der Waals surface area contributed by atoms with E-state index in [4.69, 9.17) is 5.73 Å². The number of benzene rings is 1. The van der Waals surface area contributed by atoms with Crippen LogP contribution in [-0.2, 0) is 12.8 Å². The van der Waals surface area contributed by atoms with Crippen LogP contribution in [0.15, 0.2) is 18.2 Å². The molecule has 80 valence electrons. The Bertz CT molecular complexity index is 390. The average Bonchev–Trinajstić information content (AvgIpc) is 2.37. The number of nitrogens with zero attached hydrogens (tertiary/aromatic N) is 1. The van der Waals surface area contributed by atoms with Crippen LogP contribution in [0.25, 0.3) is 0 Å². The smallest absolute Gasteiger partial charge is 0.269 e. The second-order valence-corrected chi connectivity index (χ2v) is 4.07. The highest BCUT2D eigenvalue weighted by molar-refractivity contribution is 5.40. The first-order chi connectivity index (χ1) is 7.16. The van der Waals surface area contributed by atoms with E-state index in [2.05, 4.69) is 0 Å². The predicted molar refractivity (Wildman–Crippen MR) is 57.7 cm³/mol. The Kier molecular flexibility index (Phi) is 2.68. The molecule has 0 aliphatic heterocycles. The molecule has 0 heterocycles. The number of hydrogen-bond donors (Lipinski definition) is 1. The fraction of sp³-hybridized carbons (Fsp3) is 0.455.